The van der Waals surface area contributed by atoms with Crippen LogP contribution in [0.2, 0.25) is 0 Å². The first-order chi connectivity index (χ1) is 14.3. The van der Waals surface area contributed by atoms with Gasteiger partial charge in [-0.1, -0.05) is 38.5 Å². The fraction of sp³-hybridized carbons (Fsp3) is 0.619. The molecule has 1 aliphatic carbocycles. The Morgan fingerprint density at radius 1 is 1.00 bits per heavy atom. The quantitative estimate of drug-likeness (QED) is 0.729. The predicted octanol–water partition coefficient (Wildman–Crippen LogP) is 1.70. The topological polar surface area (TPSA) is 90.0 Å². The largest absolute Gasteiger partial charge is 0.326 e. The number of hydrogen-bond donors (Lipinski definition) is 1. The zero-order valence-electron chi connectivity index (χ0n) is 17.6. The van der Waals surface area contributed by atoms with Gasteiger partial charge in [0.05, 0.1) is 11.6 Å². The lowest BCUT2D eigenvalue weighted by molar-refractivity contribution is -0.138. The van der Waals surface area contributed by atoms with Crippen LogP contribution in [0.5, 0.6) is 0 Å². The summed E-state index contributed by atoms with van der Waals surface area (Å²) in [5.41, 5.74) is -0.798. The predicted molar refractivity (Wildman–Crippen MR) is 112 cm³/mol. The number of sulfonamides is 1. The first-order valence-corrected chi connectivity index (χ1v) is 12.1. The number of hydrogen-bond acceptors (Lipinski definition) is 5. The van der Waals surface area contributed by atoms with E-state index in [1.807, 2.05) is 18.7 Å². The van der Waals surface area contributed by atoms with E-state index in [4.69, 9.17) is 0 Å². The third-order valence-electron chi connectivity index (χ3n) is 7.04. The molecule has 0 radical (unpaired) electrons. The highest BCUT2D eigenvalue weighted by Gasteiger charge is 2.58. The summed E-state index contributed by atoms with van der Waals surface area (Å²) in [6, 6.07) is 8.07. The standard InChI is InChI=1S/C21H30N4O4S/c1-16-7-6-8-17(2)21(16)19(26)25(20(27)22-21)15-23-11-13-24(14-12-23)30(28,29)18-9-4-3-5-10-18/h3-5,9-10,16-17H,6-8,11-15H2,1-2H3,(H,22,27). The van der Waals surface area contributed by atoms with Crippen molar-refractivity contribution in [2.45, 2.75) is 43.5 Å². The molecule has 0 aromatic heterocycles. The van der Waals surface area contributed by atoms with Gasteiger partial charge in [0, 0.05) is 26.2 Å². The summed E-state index contributed by atoms with van der Waals surface area (Å²) in [6.07, 6.45) is 2.94. The van der Waals surface area contributed by atoms with Gasteiger partial charge in [-0.3, -0.25) is 9.69 Å². The number of carbonyl (C=O) groups excluding carboxylic acids is 2. The Hall–Kier alpha value is -1.97. The molecule has 1 saturated carbocycles. The lowest BCUT2D eigenvalue weighted by Gasteiger charge is -2.42. The molecule has 2 atom stereocenters. The van der Waals surface area contributed by atoms with Crippen LogP contribution in [0.15, 0.2) is 35.2 Å². The zero-order chi connectivity index (χ0) is 21.5. The van der Waals surface area contributed by atoms with Gasteiger partial charge in [-0.05, 0) is 36.8 Å². The van der Waals surface area contributed by atoms with Crippen molar-refractivity contribution < 1.29 is 18.0 Å². The molecule has 4 rings (SSSR count). The van der Waals surface area contributed by atoms with E-state index in [1.165, 1.54) is 9.21 Å². The number of urea groups is 1. The summed E-state index contributed by atoms with van der Waals surface area (Å²) in [7, 11) is -3.52. The van der Waals surface area contributed by atoms with Crippen molar-refractivity contribution in [1.29, 1.82) is 0 Å². The van der Waals surface area contributed by atoms with Crippen LogP contribution >= 0.6 is 0 Å². The van der Waals surface area contributed by atoms with Crippen LogP contribution in [-0.2, 0) is 14.8 Å². The van der Waals surface area contributed by atoms with E-state index in [2.05, 4.69) is 5.32 Å². The van der Waals surface area contributed by atoms with Crippen LogP contribution in [0.25, 0.3) is 0 Å². The molecular formula is C21H30N4O4S. The number of benzene rings is 1. The SMILES string of the molecule is CC1CCCC(C)C12NC(=O)N(CN1CCN(S(=O)(=O)c3ccccc3)CC1)C2=O. The number of carbonyl (C=O) groups is 2. The smallest absolute Gasteiger partial charge is 0.323 e. The van der Waals surface area contributed by atoms with Crippen LogP contribution in [0.3, 0.4) is 0 Å². The molecular weight excluding hydrogens is 404 g/mol. The zero-order valence-corrected chi connectivity index (χ0v) is 18.4. The Morgan fingerprint density at radius 3 is 2.20 bits per heavy atom. The summed E-state index contributed by atoms with van der Waals surface area (Å²) in [5.74, 6) is 0.0812. The molecule has 3 fully saturated rings. The fourth-order valence-electron chi connectivity index (χ4n) is 5.13. The van der Waals surface area contributed by atoms with E-state index in [-0.39, 0.29) is 35.3 Å². The molecule has 2 heterocycles. The molecule has 1 aromatic carbocycles. The van der Waals surface area contributed by atoms with Crippen LogP contribution in [0.4, 0.5) is 4.79 Å². The van der Waals surface area contributed by atoms with Gasteiger partial charge < -0.3 is 5.32 Å². The van der Waals surface area contributed by atoms with E-state index in [0.29, 0.717) is 26.2 Å². The van der Waals surface area contributed by atoms with E-state index >= 15 is 0 Å². The lowest BCUT2D eigenvalue weighted by Crippen LogP contribution is -2.59. The Kier molecular flexibility index (Phi) is 5.63. The number of nitrogens with zero attached hydrogens (tertiary/aromatic N) is 3. The summed E-state index contributed by atoms with van der Waals surface area (Å²) in [6.45, 7) is 5.90. The first-order valence-electron chi connectivity index (χ1n) is 10.7. The Bertz CT molecular complexity index is 902. The van der Waals surface area contributed by atoms with Gasteiger partial charge >= 0.3 is 6.03 Å². The second-order valence-corrected chi connectivity index (χ2v) is 10.7. The molecule has 3 aliphatic rings. The number of rotatable bonds is 4. The maximum atomic E-state index is 13.3. The molecule has 164 valence electrons. The van der Waals surface area contributed by atoms with Gasteiger partial charge in [-0.15, -0.1) is 0 Å². The average Bonchev–Trinajstić information content (AvgIpc) is 2.99. The van der Waals surface area contributed by atoms with E-state index in [9.17, 15) is 18.0 Å². The van der Waals surface area contributed by atoms with Crippen molar-refractivity contribution in [2.24, 2.45) is 11.8 Å². The summed E-state index contributed by atoms with van der Waals surface area (Å²) < 4.78 is 27.1. The van der Waals surface area contributed by atoms with Crippen molar-refractivity contribution in [1.82, 2.24) is 19.4 Å². The third-order valence-corrected chi connectivity index (χ3v) is 8.95. The maximum absolute atomic E-state index is 13.3. The van der Waals surface area contributed by atoms with Crippen molar-refractivity contribution in [2.75, 3.05) is 32.8 Å². The number of imide groups is 1. The maximum Gasteiger partial charge on any atom is 0.326 e. The molecule has 3 amide bonds. The van der Waals surface area contributed by atoms with Gasteiger partial charge in [0.15, 0.2) is 0 Å². The third kappa shape index (κ3) is 3.42. The van der Waals surface area contributed by atoms with E-state index in [0.717, 1.165) is 19.3 Å². The Balaban J connectivity index is 1.41. The van der Waals surface area contributed by atoms with Crippen LogP contribution in [-0.4, -0.2) is 72.8 Å². The second kappa shape index (κ2) is 7.94. The fourth-order valence-corrected chi connectivity index (χ4v) is 6.58. The molecule has 1 aromatic rings. The van der Waals surface area contributed by atoms with Gasteiger partial charge in [0.25, 0.3) is 5.91 Å². The molecule has 1 N–H and O–H groups in total. The van der Waals surface area contributed by atoms with Crippen molar-refractivity contribution in [3.8, 4) is 0 Å². The van der Waals surface area contributed by atoms with Gasteiger partial charge in [-0.2, -0.15) is 4.31 Å². The van der Waals surface area contributed by atoms with Crippen molar-refractivity contribution in [3.63, 3.8) is 0 Å². The molecule has 9 heteroatoms. The number of piperazine rings is 1. The van der Waals surface area contributed by atoms with Crippen LogP contribution in [0.1, 0.15) is 33.1 Å². The highest BCUT2D eigenvalue weighted by atomic mass is 32.2. The first kappa shape index (κ1) is 21.3. The normalized spacial score (nSPS) is 31.3. The molecule has 2 saturated heterocycles. The highest BCUT2D eigenvalue weighted by Crippen LogP contribution is 2.42. The van der Waals surface area contributed by atoms with Gasteiger partial charge in [0.1, 0.15) is 5.54 Å². The number of nitrogens with one attached hydrogen (secondary N) is 1. The van der Waals surface area contributed by atoms with Gasteiger partial charge in [-0.25, -0.2) is 18.1 Å². The van der Waals surface area contributed by atoms with E-state index < -0.39 is 15.6 Å². The highest BCUT2D eigenvalue weighted by molar-refractivity contribution is 7.89. The summed E-state index contributed by atoms with van der Waals surface area (Å²) in [4.78, 5) is 29.6. The molecule has 30 heavy (non-hydrogen) atoms. The molecule has 2 aliphatic heterocycles. The van der Waals surface area contributed by atoms with E-state index in [1.54, 1.807) is 30.3 Å². The Morgan fingerprint density at radius 2 is 1.60 bits per heavy atom. The monoisotopic (exact) mass is 434 g/mol. The van der Waals surface area contributed by atoms with Crippen molar-refractivity contribution in [3.05, 3.63) is 30.3 Å². The number of amides is 3. The summed E-state index contributed by atoms with van der Waals surface area (Å²) in [5, 5.41) is 3.02. The minimum absolute atomic E-state index is 0.107. The molecule has 1 spiro atoms. The molecule has 8 nitrogen and oxygen atoms in total. The summed E-state index contributed by atoms with van der Waals surface area (Å²) >= 11 is 0. The average molecular weight is 435 g/mol. The Labute approximate surface area is 178 Å². The van der Waals surface area contributed by atoms with Crippen LogP contribution in [0, 0.1) is 11.8 Å². The second-order valence-electron chi connectivity index (χ2n) is 8.74. The molecule has 0 bridgehead atoms. The molecule has 2 unspecified atom stereocenters. The van der Waals surface area contributed by atoms with Gasteiger partial charge in [0.2, 0.25) is 10.0 Å². The minimum atomic E-state index is -3.52. The van der Waals surface area contributed by atoms with Crippen LogP contribution < -0.4 is 5.32 Å². The minimum Gasteiger partial charge on any atom is -0.323 e. The van der Waals surface area contributed by atoms with Crippen molar-refractivity contribution >= 4 is 22.0 Å². The lowest BCUT2D eigenvalue weighted by atomic mass is 9.67.